The molecular weight excluding hydrogens is 222 g/mol. The minimum absolute atomic E-state index is 0.0381. The van der Waals surface area contributed by atoms with Gasteiger partial charge in [-0.05, 0) is 30.4 Å². The van der Waals surface area contributed by atoms with Gasteiger partial charge < -0.3 is 5.73 Å². The van der Waals surface area contributed by atoms with Crippen LogP contribution in [0.4, 0.5) is 5.69 Å². The fourth-order valence-corrected chi connectivity index (χ4v) is 3.25. The summed E-state index contributed by atoms with van der Waals surface area (Å²) in [7, 11) is -1.19. The van der Waals surface area contributed by atoms with Gasteiger partial charge in [0.2, 0.25) is 0 Å². The monoisotopic (exact) mass is 235 g/mol. The summed E-state index contributed by atoms with van der Waals surface area (Å²) in [5, 5.41) is 9.14. The molecule has 0 saturated heterocycles. The second kappa shape index (κ2) is 4.22. The van der Waals surface area contributed by atoms with Gasteiger partial charge >= 0.3 is 0 Å². The van der Waals surface area contributed by atoms with Crippen molar-refractivity contribution in [3.05, 3.63) is 18.3 Å². The normalized spacial score (nSPS) is 18.7. The minimum Gasteiger partial charge on any atom is -0.396 e. The Morgan fingerprint density at radius 1 is 1.62 bits per heavy atom. The maximum atomic E-state index is 12.1. The largest absolute Gasteiger partial charge is 0.396 e. The first-order valence-electron chi connectivity index (χ1n) is 5.13. The number of rotatable bonds is 4. The highest BCUT2D eigenvalue weighted by Gasteiger charge is 2.44. The third-order valence-electron chi connectivity index (χ3n) is 2.86. The Balaban J connectivity index is 2.10. The SMILES string of the molecule is N#CCC1(CS(=O)c2ncccc2N)CC1. The first-order valence-corrected chi connectivity index (χ1v) is 6.45. The van der Waals surface area contributed by atoms with Gasteiger partial charge in [-0.2, -0.15) is 5.26 Å². The lowest BCUT2D eigenvalue weighted by Crippen LogP contribution is -2.14. The molecule has 0 bridgehead atoms. The van der Waals surface area contributed by atoms with Crippen molar-refractivity contribution >= 4 is 16.5 Å². The summed E-state index contributed by atoms with van der Waals surface area (Å²) in [4.78, 5) is 4.04. The first-order chi connectivity index (χ1) is 7.67. The van der Waals surface area contributed by atoms with Crippen molar-refractivity contribution in [3.8, 4) is 6.07 Å². The molecule has 0 radical (unpaired) electrons. The number of hydrogen-bond acceptors (Lipinski definition) is 4. The molecule has 2 N–H and O–H groups in total. The molecule has 84 valence electrons. The lowest BCUT2D eigenvalue weighted by Gasteiger charge is -2.10. The van der Waals surface area contributed by atoms with Crippen LogP contribution in [0.15, 0.2) is 23.4 Å². The van der Waals surface area contributed by atoms with E-state index in [1.54, 1.807) is 18.3 Å². The molecule has 0 spiro atoms. The Labute approximate surface area is 96.9 Å². The van der Waals surface area contributed by atoms with E-state index in [0.717, 1.165) is 12.8 Å². The number of anilines is 1. The van der Waals surface area contributed by atoms with Gasteiger partial charge in [0.25, 0.3) is 0 Å². The van der Waals surface area contributed by atoms with Crippen LogP contribution in [0, 0.1) is 16.7 Å². The number of nitriles is 1. The summed E-state index contributed by atoms with van der Waals surface area (Å²) >= 11 is 0. The number of pyridine rings is 1. The van der Waals surface area contributed by atoms with Gasteiger partial charge in [0.15, 0.2) is 0 Å². The number of nitrogens with zero attached hydrogens (tertiary/aromatic N) is 2. The summed E-state index contributed by atoms with van der Waals surface area (Å²) in [5.74, 6) is 0.502. The predicted octanol–water partition coefficient (Wildman–Crippen LogP) is 1.47. The molecule has 0 aromatic carbocycles. The summed E-state index contributed by atoms with van der Waals surface area (Å²) in [6.07, 6.45) is 4.04. The van der Waals surface area contributed by atoms with Crippen molar-refractivity contribution in [3.63, 3.8) is 0 Å². The molecule has 5 heteroatoms. The maximum absolute atomic E-state index is 12.1. The van der Waals surface area contributed by atoms with E-state index in [1.807, 2.05) is 0 Å². The second-order valence-electron chi connectivity index (χ2n) is 4.22. The predicted molar refractivity (Wildman–Crippen MR) is 61.8 cm³/mol. The summed E-state index contributed by atoms with van der Waals surface area (Å²) < 4.78 is 12.1. The molecule has 4 nitrogen and oxygen atoms in total. The molecule has 1 heterocycles. The van der Waals surface area contributed by atoms with Crippen molar-refractivity contribution < 1.29 is 4.21 Å². The number of aromatic nitrogens is 1. The van der Waals surface area contributed by atoms with Gasteiger partial charge in [0, 0.05) is 18.4 Å². The summed E-state index contributed by atoms with van der Waals surface area (Å²) in [6, 6.07) is 5.57. The highest BCUT2D eigenvalue weighted by Crippen LogP contribution is 2.49. The highest BCUT2D eigenvalue weighted by molar-refractivity contribution is 7.85. The number of nitrogens with two attached hydrogens (primary N) is 1. The number of nitrogen functional groups attached to an aromatic ring is 1. The van der Waals surface area contributed by atoms with Crippen LogP contribution < -0.4 is 5.73 Å². The Morgan fingerprint density at radius 2 is 2.38 bits per heavy atom. The van der Waals surface area contributed by atoms with Crippen molar-refractivity contribution in [2.45, 2.75) is 24.3 Å². The van der Waals surface area contributed by atoms with Crippen LogP contribution in [0.1, 0.15) is 19.3 Å². The van der Waals surface area contributed by atoms with Crippen LogP contribution in [0.5, 0.6) is 0 Å². The standard InChI is InChI=1S/C11H13N3OS/c12-6-5-11(3-4-11)8-16(15)10-9(13)2-1-7-14-10/h1-2,7H,3-5,8,13H2. The Bertz CT molecular complexity index is 463. The van der Waals surface area contributed by atoms with E-state index in [2.05, 4.69) is 11.1 Å². The topological polar surface area (TPSA) is 79.8 Å². The zero-order chi connectivity index (χ0) is 11.6. The maximum Gasteiger partial charge on any atom is 0.150 e. The quantitative estimate of drug-likeness (QED) is 0.856. The van der Waals surface area contributed by atoms with E-state index in [0.29, 0.717) is 22.9 Å². The van der Waals surface area contributed by atoms with E-state index in [9.17, 15) is 4.21 Å². The van der Waals surface area contributed by atoms with Crippen LogP contribution in [-0.4, -0.2) is 14.9 Å². The molecular formula is C11H13N3OS. The summed E-state index contributed by atoms with van der Waals surface area (Å²) in [6.45, 7) is 0. The molecule has 1 aromatic heterocycles. The van der Waals surface area contributed by atoms with E-state index in [4.69, 9.17) is 11.0 Å². The molecule has 16 heavy (non-hydrogen) atoms. The summed E-state index contributed by atoms with van der Waals surface area (Å²) in [5.41, 5.74) is 6.14. The molecule has 0 amide bonds. The molecule has 2 rings (SSSR count). The molecule has 1 aliphatic carbocycles. The molecule has 1 atom stereocenters. The van der Waals surface area contributed by atoms with Crippen molar-refractivity contribution in [1.29, 1.82) is 5.26 Å². The number of hydrogen-bond donors (Lipinski definition) is 1. The third kappa shape index (κ3) is 2.22. The van der Waals surface area contributed by atoms with E-state index < -0.39 is 10.8 Å². The van der Waals surface area contributed by atoms with Crippen molar-refractivity contribution in [1.82, 2.24) is 4.98 Å². The van der Waals surface area contributed by atoms with Gasteiger partial charge in [-0.15, -0.1) is 0 Å². The van der Waals surface area contributed by atoms with Crippen LogP contribution in [-0.2, 0) is 10.8 Å². The zero-order valence-corrected chi connectivity index (χ0v) is 9.67. The van der Waals surface area contributed by atoms with Crippen LogP contribution in [0.2, 0.25) is 0 Å². The van der Waals surface area contributed by atoms with Gasteiger partial charge in [-0.1, -0.05) is 0 Å². The minimum atomic E-state index is -1.19. The molecule has 1 aliphatic rings. The molecule has 1 aromatic rings. The van der Waals surface area contributed by atoms with Crippen molar-refractivity contribution in [2.24, 2.45) is 5.41 Å². The average Bonchev–Trinajstić information content (AvgIpc) is 2.99. The van der Waals surface area contributed by atoms with Crippen LogP contribution in [0.25, 0.3) is 0 Å². The molecule has 1 unspecified atom stereocenters. The van der Waals surface area contributed by atoms with Gasteiger partial charge in [-0.3, -0.25) is 4.21 Å². The molecule has 0 aliphatic heterocycles. The van der Waals surface area contributed by atoms with Gasteiger partial charge in [0.05, 0.1) is 22.6 Å². The van der Waals surface area contributed by atoms with Gasteiger partial charge in [-0.25, -0.2) is 4.98 Å². The van der Waals surface area contributed by atoms with E-state index in [1.165, 1.54) is 0 Å². The Hall–Kier alpha value is -1.41. The smallest absolute Gasteiger partial charge is 0.150 e. The first kappa shape index (κ1) is 11.1. The Morgan fingerprint density at radius 3 is 2.94 bits per heavy atom. The third-order valence-corrected chi connectivity index (χ3v) is 4.51. The molecule has 1 fully saturated rings. The highest BCUT2D eigenvalue weighted by atomic mass is 32.2. The second-order valence-corrected chi connectivity index (χ2v) is 5.59. The van der Waals surface area contributed by atoms with Crippen LogP contribution >= 0.6 is 0 Å². The Kier molecular flexibility index (Phi) is 2.92. The van der Waals surface area contributed by atoms with Crippen LogP contribution in [0.3, 0.4) is 0 Å². The van der Waals surface area contributed by atoms with Crippen molar-refractivity contribution in [2.75, 3.05) is 11.5 Å². The fraction of sp³-hybridized carbons (Fsp3) is 0.455. The molecule has 1 saturated carbocycles. The fourth-order valence-electron chi connectivity index (χ4n) is 1.66. The average molecular weight is 235 g/mol. The lowest BCUT2D eigenvalue weighted by molar-refractivity contribution is 0.586. The van der Waals surface area contributed by atoms with Gasteiger partial charge in [0.1, 0.15) is 5.03 Å². The lowest BCUT2D eigenvalue weighted by atomic mass is 10.1. The van der Waals surface area contributed by atoms with E-state index in [-0.39, 0.29) is 5.41 Å². The van der Waals surface area contributed by atoms with E-state index >= 15 is 0 Å². The zero-order valence-electron chi connectivity index (χ0n) is 8.85.